The Morgan fingerprint density at radius 3 is 2.62 bits per heavy atom. The summed E-state index contributed by atoms with van der Waals surface area (Å²) < 4.78 is 3.39. The summed E-state index contributed by atoms with van der Waals surface area (Å²) in [5.74, 6) is 0.311. The minimum absolute atomic E-state index is 0.183. The largest absolute Gasteiger partial charge is 0.304 e. The van der Waals surface area contributed by atoms with Crippen LogP contribution in [0.5, 0.6) is 0 Å². The first kappa shape index (κ1) is 17.4. The smallest absolute Gasteiger partial charge is 0.257 e. The maximum atomic E-state index is 12.4. The Kier molecular flexibility index (Phi) is 5.57. The molecule has 0 radical (unpaired) electrons. The lowest BCUT2D eigenvalue weighted by Crippen LogP contribution is -2.14. The van der Waals surface area contributed by atoms with E-state index in [0.717, 1.165) is 13.6 Å². The summed E-state index contributed by atoms with van der Waals surface area (Å²) in [6, 6.07) is 15.0. The molecule has 24 heavy (non-hydrogen) atoms. The second-order valence-electron chi connectivity index (χ2n) is 5.08. The highest BCUT2D eigenvalue weighted by molar-refractivity contribution is 14.1. The lowest BCUT2D eigenvalue weighted by Gasteiger charge is -2.05. The molecule has 2 aromatic carbocycles. The van der Waals surface area contributed by atoms with Gasteiger partial charge in [0.2, 0.25) is 0 Å². The molecule has 0 atom stereocenters. The molecular formula is C17H12BrClIN3O. The molecule has 122 valence electrons. The third kappa shape index (κ3) is 4.17. The number of benzene rings is 2. The highest BCUT2D eigenvalue weighted by Gasteiger charge is 2.14. The summed E-state index contributed by atoms with van der Waals surface area (Å²) >= 11 is 11.5. The average Bonchev–Trinajstić information content (AvgIpc) is 2.89. The molecule has 0 aliphatic carbocycles. The number of aromatic nitrogens is 2. The highest BCUT2D eigenvalue weighted by atomic mass is 127. The number of halogens is 3. The molecule has 1 aromatic heterocycles. The van der Waals surface area contributed by atoms with Crippen LogP contribution in [0.4, 0.5) is 5.82 Å². The fourth-order valence-electron chi connectivity index (χ4n) is 2.16. The minimum Gasteiger partial charge on any atom is -0.304 e. The normalized spacial score (nSPS) is 10.6. The number of carbonyl (C=O) groups is 1. The molecule has 0 saturated heterocycles. The van der Waals surface area contributed by atoms with Crippen LogP contribution in [0.3, 0.4) is 0 Å². The Balaban J connectivity index is 1.75. The summed E-state index contributed by atoms with van der Waals surface area (Å²) in [5, 5.41) is 7.96. The number of hydrogen-bond donors (Lipinski definition) is 1. The first-order valence-electron chi connectivity index (χ1n) is 7.06. The van der Waals surface area contributed by atoms with E-state index in [1.54, 1.807) is 10.7 Å². The van der Waals surface area contributed by atoms with Crippen LogP contribution in [0.15, 0.2) is 59.2 Å². The number of anilines is 1. The molecule has 1 amide bonds. The van der Waals surface area contributed by atoms with Crippen molar-refractivity contribution in [1.29, 1.82) is 0 Å². The lowest BCUT2D eigenvalue weighted by atomic mass is 10.2. The summed E-state index contributed by atoms with van der Waals surface area (Å²) in [6.45, 7) is 0.592. The van der Waals surface area contributed by atoms with E-state index >= 15 is 0 Å². The molecule has 0 saturated carbocycles. The maximum Gasteiger partial charge on any atom is 0.257 e. The fraction of sp³-hybridized carbons (Fsp3) is 0.0588. The number of nitrogens with zero attached hydrogens (tertiary/aromatic N) is 2. The quantitative estimate of drug-likeness (QED) is 0.485. The molecule has 0 bridgehead atoms. The minimum atomic E-state index is -0.183. The molecule has 0 fully saturated rings. The molecule has 1 heterocycles. The third-order valence-electron chi connectivity index (χ3n) is 3.33. The van der Waals surface area contributed by atoms with Gasteiger partial charge in [0.1, 0.15) is 0 Å². The van der Waals surface area contributed by atoms with E-state index in [9.17, 15) is 4.79 Å². The molecular weight excluding hydrogens is 504 g/mol. The van der Waals surface area contributed by atoms with Crippen LogP contribution in [-0.4, -0.2) is 15.7 Å². The molecule has 0 aliphatic heterocycles. The average molecular weight is 517 g/mol. The number of nitrogens with one attached hydrogen (secondary N) is 1. The fourth-order valence-corrected chi connectivity index (χ4v) is 3.33. The van der Waals surface area contributed by atoms with Crippen molar-refractivity contribution in [1.82, 2.24) is 9.78 Å². The number of rotatable bonds is 4. The zero-order chi connectivity index (χ0) is 17.1. The van der Waals surface area contributed by atoms with E-state index in [-0.39, 0.29) is 5.91 Å². The summed E-state index contributed by atoms with van der Waals surface area (Å²) in [4.78, 5) is 12.4. The van der Waals surface area contributed by atoms with Gasteiger partial charge in [0.25, 0.3) is 5.91 Å². The van der Waals surface area contributed by atoms with Crippen molar-refractivity contribution < 1.29 is 4.79 Å². The zero-order valence-electron chi connectivity index (χ0n) is 12.3. The Bertz CT molecular complexity index is 880. The number of carbonyl (C=O) groups excluding carboxylic acids is 1. The van der Waals surface area contributed by atoms with Crippen LogP contribution in [-0.2, 0) is 6.54 Å². The first-order chi connectivity index (χ1) is 11.5. The number of amides is 1. The van der Waals surface area contributed by atoms with Crippen LogP contribution < -0.4 is 5.32 Å². The van der Waals surface area contributed by atoms with Gasteiger partial charge in [-0.15, -0.1) is 0 Å². The predicted octanol–water partition coefficient (Wildman–Crippen LogP) is 5.20. The van der Waals surface area contributed by atoms with Gasteiger partial charge in [-0.25, -0.2) is 0 Å². The van der Waals surface area contributed by atoms with Crippen molar-refractivity contribution in [2.24, 2.45) is 0 Å². The maximum absolute atomic E-state index is 12.4. The third-order valence-corrected chi connectivity index (χ3v) is 5.10. The molecule has 3 rings (SSSR count). The lowest BCUT2D eigenvalue weighted by molar-refractivity contribution is 0.102. The Hall–Kier alpha value is -1.38. The van der Waals surface area contributed by atoms with Gasteiger partial charge in [-0.1, -0.05) is 35.9 Å². The topological polar surface area (TPSA) is 46.9 Å². The summed E-state index contributed by atoms with van der Waals surface area (Å²) in [7, 11) is 0. The Labute approximate surface area is 166 Å². The van der Waals surface area contributed by atoms with Gasteiger partial charge in [0.15, 0.2) is 5.82 Å². The first-order valence-corrected chi connectivity index (χ1v) is 9.31. The van der Waals surface area contributed by atoms with E-state index in [1.807, 2.05) is 48.7 Å². The molecule has 4 nitrogen and oxygen atoms in total. The van der Waals surface area contributed by atoms with Crippen molar-refractivity contribution in [2.45, 2.75) is 6.54 Å². The van der Waals surface area contributed by atoms with Crippen molar-refractivity contribution in [2.75, 3.05) is 5.32 Å². The van der Waals surface area contributed by atoms with E-state index in [4.69, 9.17) is 11.6 Å². The van der Waals surface area contributed by atoms with Gasteiger partial charge < -0.3 is 5.32 Å². The van der Waals surface area contributed by atoms with Gasteiger partial charge in [-0.3, -0.25) is 9.48 Å². The summed E-state index contributed by atoms with van der Waals surface area (Å²) in [6.07, 6.45) is 1.83. The van der Waals surface area contributed by atoms with Crippen molar-refractivity contribution in [3.05, 3.63) is 78.9 Å². The van der Waals surface area contributed by atoms with Crippen LogP contribution >= 0.6 is 50.1 Å². The molecule has 0 aliphatic rings. The van der Waals surface area contributed by atoms with Crippen LogP contribution in [0.1, 0.15) is 15.9 Å². The van der Waals surface area contributed by atoms with Gasteiger partial charge in [-0.05, 0) is 68.3 Å². The molecule has 1 N–H and O–H groups in total. The van der Waals surface area contributed by atoms with Gasteiger partial charge in [0.05, 0.1) is 16.6 Å². The van der Waals surface area contributed by atoms with E-state index in [2.05, 4.69) is 48.9 Å². The standard InChI is InChI=1S/C17H12BrClIN3O/c18-14-10-23(9-11-5-7-12(19)8-6-11)22-16(14)21-17(24)13-3-1-2-4-15(13)20/h1-8,10H,9H2,(H,21,22,24). The van der Waals surface area contributed by atoms with E-state index < -0.39 is 0 Å². The van der Waals surface area contributed by atoms with Crippen LogP contribution in [0.25, 0.3) is 0 Å². The SMILES string of the molecule is O=C(Nc1nn(Cc2ccc(Cl)cc2)cc1Br)c1ccccc1I. The molecule has 7 heteroatoms. The van der Waals surface area contributed by atoms with E-state index in [1.165, 1.54) is 0 Å². The van der Waals surface area contributed by atoms with Gasteiger partial charge in [-0.2, -0.15) is 5.10 Å². The van der Waals surface area contributed by atoms with Crippen LogP contribution in [0.2, 0.25) is 5.02 Å². The number of hydrogen-bond acceptors (Lipinski definition) is 2. The molecule has 0 unspecified atom stereocenters. The predicted molar refractivity (Wildman–Crippen MR) is 108 cm³/mol. The second kappa shape index (κ2) is 7.67. The summed E-state index contributed by atoms with van der Waals surface area (Å²) in [5.41, 5.74) is 1.70. The Morgan fingerprint density at radius 1 is 1.21 bits per heavy atom. The van der Waals surface area contributed by atoms with Crippen molar-refractivity contribution in [3.8, 4) is 0 Å². The molecule has 3 aromatic rings. The highest BCUT2D eigenvalue weighted by Crippen LogP contribution is 2.22. The zero-order valence-corrected chi connectivity index (χ0v) is 16.8. The van der Waals surface area contributed by atoms with Crippen molar-refractivity contribution >= 4 is 61.8 Å². The van der Waals surface area contributed by atoms with Crippen LogP contribution in [0, 0.1) is 3.57 Å². The van der Waals surface area contributed by atoms with Gasteiger partial charge >= 0.3 is 0 Å². The monoisotopic (exact) mass is 515 g/mol. The van der Waals surface area contributed by atoms with Crippen molar-refractivity contribution in [3.63, 3.8) is 0 Å². The van der Waals surface area contributed by atoms with E-state index in [0.29, 0.717) is 22.9 Å². The molecule has 0 spiro atoms. The Morgan fingerprint density at radius 2 is 1.92 bits per heavy atom. The van der Waals surface area contributed by atoms with Gasteiger partial charge in [0, 0.05) is 14.8 Å². The second-order valence-corrected chi connectivity index (χ2v) is 7.54.